The van der Waals surface area contributed by atoms with Crippen molar-refractivity contribution in [3.05, 3.63) is 106 Å². The minimum Gasteiger partial charge on any atom is -0.494 e. The second-order valence-corrected chi connectivity index (χ2v) is 8.23. The third-order valence-electron chi connectivity index (χ3n) is 5.64. The van der Waals surface area contributed by atoms with E-state index in [0.717, 1.165) is 5.56 Å². The average Bonchev–Trinajstić information content (AvgIpc) is 2.93. The minimum atomic E-state index is -0.677. The Bertz CT molecular complexity index is 1480. The van der Waals surface area contributed by atoms with Crippen LogP contribution in [0.1, 0.15) is 46.2 Å². The third-order valence-corrected chi connectivity index (χ3v) is 5.64. The Labute approximate surface area is 213 Å². The number of nitrogens with zero attached hydrogens (tertiary/aromatic N) is 2. The number of carbonyl (C=O) groups is 3. The van der Waals surface area contributed by atoms with Crippen LogP contribution >= 0.6 is 0 Å². The molecular weight excluding hydrogens is 472 g/mol. The van der Waals surface area contributed by atoms with E-state index in [4.69, 9.17) is 4.74 Å². The van der Waals surface area contributed by atoms with Gasteiger partial charge in [0.05, 0.1) is 18.5 Å². The second-order valence-electron chi connectivity index (χ2n) is 8.23. The summed E-state index contributed by atoms with van der Waals surface area (Å²) in [6.07, 6.45) is -0.146. The topological polar surface area (TPSA) is 119 Å². The van der Waals surface area contributed by atoms with Gasteiger partial charge in [-0.1, -0.05) is 48.5 Å². The van der Waals surface area contributed by atoms with Crippen molar-refractivity contribution in [1.29, 1.82) is 0 Å². The van der Waals surface area contributed by atoms with Crippen LogP contribution in [0.3, 0.4) is 0 Å². The van der Waals surface area contributed by atoms with E-state index in [1.54, 1.807) is 48.5 Å². The first kappa shape index (κ1) is 25.3. The SMILES string of the molecule is CCOc1ccc(C(=O)CCC(=O)NNC(=O)c2nn(Cc3ccccc3)c(=O)c3ccccc23)cc1. The fourth-order valence-electron chi connectivity index (χ4n) is 3.79. The number of fused-ring (bicyclic) bond motifs is 1. The summed E-state index contributed by atoms with van der Waals surface area (Å²) in [4.78, 5) is 50.6. The van der Waals surface area contributed by atoms with Crippen molar-refractivity contribution in [3.8, 4) is 5.75 Å². The molecule has 3 aromatic carbocycles. The fraction of sp³-hybridized carbons (Fsp3) is 0.179. The van der Waals surface area contributed by atoms with E-state index in [9.17, 15) is 19.2 Å². The Kier molecular flexibility index (Phi) is 8.05. The Morgan fingerprint density at radius 2 is 1.51 bits per heavy atom. The maximum absolute atomic E-state index is 13.0. The van der Waals surface area contributed by atoms with E-state index in [-0.39, 0.29) is 36.4 Å². The summed E-state index contributed by atoms with van der Waals surface area (Å²) in [6.45, 7) is 2.58. The molecule has 0 atom stereocenters. The van der Waals surface area contributed by atoms with Crippen LogP contribution in [0.5, 0.6) is 5.75 Å². The lowest BCUT2D eigenvalue weighted by Crippen LogP contribution is -2.43. The van der Waals surface area contributed by atoms with Crippen LogP contribution in [0, 0.1) is 0 Å². The van der Waals surface area contributed by atoms with Gasteiger partial charge >= 0.3 is 0 Å². The molecule has 1 heterocycles. The number of Topliss-reactive ketones (excluding diaryl/α,β-unsaturated/α-hetero) is 1. The summed E-state index contributed by atoms with van der Waals surface area (Å²) in [5.74, 6) is -0.750. The first-order chi connectivity index (χ1) is 18.0. The van der Waals surface area contributed by atoms with Gasteiger partial charge in [-0.05, 0) is 42.8 Å². The second kappa shape index (κ2) is 11.8. The van der Waals surface area contributed by atoms with Gasteiger partial charge in [-0.15, -0.1) is 0 Å². The van der Waals surface area contributed by atoms with Gasteiger partial charge in [0.15, 0.2) is 11.5 Å². The molecule has 0 aliphatic heterocycles. The molecule has 1 aromatic heterocycles. The van der Waals surface area contributed by atoms with Crippen LogP contribution in [-0.4, -0.2) is 34.0 Å². The van der Waals surface area contributed by atoms with E-state index in [1.165, 1.54) is 4.68 Å². The normalized spacial score (nSPS) is 10.6. The van der Waals surface area contributed by atoms with Crippen molar-refractivity contribution in [2.75, 3.05) is 6.61 Å². The van der Waals surface area contributed by atoms with Gasteiger partial charge in [0.1, 0.15) is 5.75 Å². The van der Waals surface area contributed by atoms with E-state index < -0.39 is 11.8 Å². The van der Waals surface area contributed by atoms with Gasteiger partial charge < -0.3 is 4.74 Å². The van der Waals surface area contributed by atoms with Gasteiger partial charge in [0.25, 0.3) is 11.5 Å². The largest absolute Gasteiger partial charge is 0.494 e. The molecule has 0 saturated heterocycles. The quantitative estimate of drug-likeness (QED) is 0.270. The predicted molar refractivity (Wildman–Crippen MR) is 138 cm³/mol. The molecule has 0 radical (unpaired) electrons. The predicted octanol–water partition coefficient (Wildman–Crippen LogP) is 3.27. The monoisotopic (exact) mass is 498 g/mol. The molecule has 0 saturated carbocycles. The Morgan fingerprint density at radius 3 is 2.22 bits per heavy atom. The fourth-order valence-corrected chi connectivity index (χ4v) is 3.79. The molecule has 188 valence electrons. The highest BCUT2D eigenvalue weighted by atomic mass is 16.5. The Hall–Kier alpha value is -4.79. The van der Waals surface area contributed by atoms with Crippen molar-refractivity contribution in [2.24, 2.45) is 0 Å². The molecule has 0 aliphatic carbocycles. The molecule has 4 aromatic rings. The van der Waals surface area contributed by atoms with E-state index in [2.05, 4.69) is 16.0 Å². The van der Waals surface area contributed by atoms with Crippen molar-refractivity contribution >= 4 is 28.4 Å². The summed E-state index contributed by atoms with van der Waals surface area (Å²) >= 11 is 0. The highest BCUT2D eigenvalue weighted by molar-refractivity contribution is 6.05. The van der Waals surface area contributed by atoms with E-state index >= 15 is 0 Å². The maximum Gasteiger partial charge on any atom is 0.290 e. The first-order valence-electron chi connectivity index (χ1n) is 11.8. The lowest BCUT2D eigenvalue weighted by molar-refractivity contribution is -0.121. The molecule has 9 nitrogen and oxygen atoms in total. The first-order valence-corrected chi connectivity index (χ1v) is 11.8. The molecule has 9 heteroatoms. The highest BCUT2D eigenvalue weighted by Crippen LogP contribution is 2.15. The number of carbonyl (C=O) groups excluding carboxylic acids is 3. The number of rotatable bonds is 9. The van der Waals surface area contributed by atoms with Crippen molar-refractivity contribution in [2.45, 2.75) is 26.3 Å². The number of ketones is 1. The molecule has 0 aliphatic rings. The van der Waals surface area contributed by atoms with Gasteiger partial charge in [-0.2, -0.15) is 5.10 Å². The van der Waals surface area contributed by atoms with Gasteiger partial charge in [-0.25, -0.2) is 4.68 Å². The van der Waals surface area contributed by atoms with Crippen LogP contribution in [0.2, 0.25) is 0 Å². The van der Waals surface area contributed by atoms with Gasteiger partial charge in [0, 0.05) is 23.8 Å². The van der Waals surface area contributed by atoms with Gasteiger partial charge in [0.2, 0.25) is 5.91 Å². The maximum atomic E-state index is 13.0. The zero-order chi connectivity index (χ0) is 26.2. The number of nitrogens with one attached hydrogen (secondary N) is 2. The molecule has 2 N–H and O–H groups in total. The number of hydrogen-bond acceptors (Lipinski definition) is 6. The molecule has 4 rings (SSSR count). The average molecular weight is 499 g/mol. The van der Waals surface area contributed by atoms with Crippen LogP contribution in [0.25, 0.3) is 10.8 Å². The zero-order valence-corrected chi connectivity index (χ0v) is 20.3. The van der Waals surface area contributed by atoms with Crippen molar-refractivity contribution < 1.29 is 19.1 Å². The smallest absolute Gasteiger partial charge is 0.290 e. The van der Waals surface area contributed by atoms with Gasteiger partial charge in [-0.3, -0.25) is 30.0 Å². The van der Waals surface area contributed by atoms with Crippen molar-refractivity contribution in [3.63, 3.8) is 0 Å². The number of hydrogen-bond donors (Lipinski definition) is 2. The number of aromatic nitrogens is 2. The Balaban J connectivity index is 1.41. The lowest BCUT2D eigenvalue weighted by Gasteiger charge is -2.12. The molecular formula is C28H26N4O5. The Morgan fingerprint density at radius 1 is 0.838 bits per heavy atom. The summed E-state index contributed by atoms with van der Waals surface area (Å²) in [6, 6.07) is 22.7. The highest BCUT2D eigenvalue weighted by Gasteiger charge is 2.18. The van der Waals surface area contributed by atoms with Crippen LogP contribution in [0.4, 0.5) is 0 Å². The minimum absolute atomic E-state index is 0.00287. The van der Waals surface area contributed by atoms with Crippen LogP contribution in [-0.2, 0) is 11.3 Å². The summed E-state index contributed by atoms with van der Waals surface area (Å²) in [5.41, 5.74) is 5.66. The summed E-state index contributed by atoms with van der Waals surface area (Å²) in [7, 11) is 0. The van der Waals surface area contributed by atoms with E-state index in [0.29, 0.717) is 28.7 Å². The van der Waals surface area contributed by atoms with Crippen LogP contribution in [0.15, 0.2) is 83.7 Å². The molecule has 0 bridgehead atoms. The summed E-state index contributed by atoms with van der Waals surface area (Å²) < 4.78 is 6.59. The summed E-state index contributed by atoms with van der Waals surface area (Å²) in [5, 5.41) is 4.99. The number of amides is 2. The zero-order valence-electron chi connectivity index (χ0n) is 20.3. The molecule has 0 spiro atoms. The van der Waals surface area contributed by atoms with E-state index in [1.807, 2.05) is 37.3 Å². The standard InChI is InChI=1S/C28H26N4O5/c1-2-37-21-14-12-20(13-15-21)24(33)16-17-25(34)29-30-27(35)26-22-10-6-7-11-23(22)28(36)32(31-26)18-19-8-4-3-5-9-19/h3-15H,2,16-18H2,1H3,(H,29,34)(H,30,35). The number of hydrazine groups is 1. The molecule has 0 unspecified atom stereocenters. The van der Waals surface area contributed by atoms with Crippen molar-refractivity contribution in [1.82, 2.24) is 20.6 Å². The number of benzene rings is 3. The third kappa shape index (κ3) is 6.26. The molecule has 0 fully saturated rings. The number of ether oxygens (including phenoxy) is 1. The lowest BCUT2D eigenvalue weighted by atomic mass is 10.1. The molecule has 37 heavy (non-hydrogen) atoms. The van der Waals surface area contributed by atoms with Crippen LogP contribution < -0.4 is 21.1 Å². The molecule has 2 amide bonds.